The number of methoxy groups -OCH3 is 1. The Hall–Kier alpha value is -2.53. The fraction of sp³-hybridized carbons (Fsp3) is 0.238. The van der Waals surface area contributed by atoms with Gasteiger partial charge in [0.1, 0.15) is 5.75 Å². The van der Waals surface area contributed by atoms with E-state index in [1.807, 2.05) is 57.2 Å². The number of rotatable bonds is 5. The predicted molar refractivity (Wildman–Crippen MR) is 108 cm³/mol. The summed E-state index contributed by atoms with van der Waals surface area (Å²) >= 11 is 1.51. The van der Waals surface area contributed by atoms with Gasteiger partial charge < -0.3 is 10.1 Å². The van der Waals surface area contributed by atoms with Crippen molar-refractivity contribution < 1.29 is 9.53 Å². The van der Waals surface area contributed by atoms with Crippen LogP contribution in [0.4, 0.5) is 5.69 Å². The van der Waals surface area contributed by atoms with Crippen LogP contribution in [0.25, 0.3) is 10.9 Å². The number of carbonyl (C=O) groups excluding carboxylic acids is 1. The van der Waals surface area contributed by atoms with Crippen LogP contribution in [0.3, 0.4) is 0 Å². The van der Waals surface area contributed by atoms with E-state index in [1.54, 1.807) is 7.11 Å². The molecule has 3 rings (SSSR count). The third-order valence-corrected chi connectivity index (χ3v) is 5.18. The van der Waals surface area contributed by atoms with E-state index in [0.717, 1.165) is 38.5 Å². The standard InChI is InChI=1S/C21H22N2O2S/c1-13-5-7-18(14(2)9-13)23-21(24)12-26-20-10-15(3)22-19-8-6-16(25-4)11-17(19)20/h5-11H,12H2,1-4H3,(H,23,24). The third-order valence-electron chi connectivity index (χ3n) is 4.12. The highest BCUT2D eigenvalue weighted by molar-refractivity contribution is 8.00. The Morgan fingerprint density at radius 3 is 2.65 bits per heavy atom. The molecule has 1 amide bonds. The van der Waals surface area contributed by atoms with Crippen LogP contribution in [0.2, 0.25) is 0 Å². The molecule has 0 unspecified atom stereocenters. The maximum absolute atomic E-state index is 12.4. The minimum atomic E-state index is -0.0209. The second kappa shape index (κ2) is 7.79. The van der Waals surface area contributed by atoms with Crippen molar-refractivity contribution in [1.82, 2.24) is 4.98 Å². The summed E-state index contributed by atoms with van der Waals surface area (Å²) in [4.78, 5) is 18.0. The second-order valence-corrected chi connectivity index (χ2v) is 7.32. The Morgan fingerprint density at radius 2 is 1.92 bits per heavy atom. The van der Waals surface area contributed by atoms with Gasteiger partial charge in [-0.15, -0.1) is 11.8 Å². The first kappa shape index (κ1) is 18.3. The number of ether oxygens (including phenoxy) is 1. The topological polar surface area (TPSA) is 51.2 Å². The molecule has 4 nitrogen and oxygen atoms in total. The lowest BCUT2D eigenvalue weighted by atomic mass is 10.1. The van der Waals surface area contributed by atoms with Gasteiger partial charge in [-0.25, -0.2) is 0 Å². The van der Waals surface area contributed by atoms with Crippen molar-refractivity contribution in [3.8, 4) is 5.75 Å². The molecule has 0 atom stereocenters. The molecule has 0 fully saturated rings. The van der Waals surface area contributed by atoms with Crippen LogP contribution < -0.4 is 10.1 Å². The molecule has 0 saturated carbocycles. The van der Waals surface area contributed by atoms with Crippen LogP contribution in [0.5, 0.6) is 5.75 Å². The van der Waals surface area contributed by atoms with Gasteiger partial charge in [0.25, 0.3) is 0 Å². The Morgan fingerprint density at radius 1 is 1.12 bits per heavy atom. The minimum Gasteiger partial charge on any atom is -0.497 e. The number of hydrogen-bond acceptors (Lipinski definition) is 4. The van der Waals surface area contributed by atoms with E-state index in [4.69, 9.17) is 4.74 Å². The van der Waals surface area contributed by atoms with Gasteiger partial charge in [0.05, 0.1) is 18.4 Å². The predicted octanol–water partition coefficient (Wildman–Crippen LogP) is 4.90. The molecule has 3 aromatic rings. The number of thioether (sulfide) groups is 1. The lowest BCUT2D eigenvalue weighted by molar-refractivity contribution is -0.113. The number of carbonyl (C=O) groups is 1. The molecule has 0 spiro atoms. The first-order valence-electron chi connectivity index (χ1n) is 8.41. The number of fused-ring (bicyclic) bond motifs is 1. The number of benzene rings is 2. The summed E-state index contributed by atoms with van der Waals surface area (Å²) in [6.07, 6.45) is 0. The highest BCUT2D eigenvalue weighted by Gasteiger charge is 2.10. The van der Waals surface area contributed by atoms with Gasteiger partial charge in [0, 0.05) is 21.7 Å². The molecule has 2 aromatic carbocycles. The highest BCUT2D eigenvalue weighted by atomic mass is 32.2. The van der Waals surface area contributed by atoms with Crippen molar-refractivity contribution >= 4 is 34.3 Å². The van der Waals surface area contributed by atoms with Crippen LogP contribution in [0.15, 0.2) is 47.4 Å². The number of pyridine rings is 1. The fourth-order valence-corrected chi connectivity index (χ4v) is 3.76. The molecule has 5 heteroatoms. The van der Waals surface area contributed by atoms with Crippen molar-refractivity contribution in [1.29, 1.82) is 0 Å². The SMILES string of the molecule is COc1ccc2nc(C)cc(SCC(=O)Nc3ccc(C)cc3C)c2c1. The summed E-state index contributed by atoms with van der Waals surface area (Å²) in [6, 6.07) is 13.8. The average Bonchev–Trinajstić information content (AvgIpc) is 2.61. The van der Waals surface area contributed by atoms with Crippen molar-refractivity contribution in [2.24, 2.45) is 0 Å². The van der Waals surface area contributed by atoms with Gasteiger partial charge in [-0.1, -0.05) is 17.7 Å². The summed E-state index contributed by atoms with van der Waals surface area (Å²) in [5.74, 6) is 1.10. The number of hydrogen-bond donors (Lipinski definition) is 1. The summed E-state index contributed by atoms with van der Waals surface area (Å²) < 4.78 is 5.32. The zero-order chi connectivity index (χ0) is 18.7. The smallest absolute Gasteiger partial charge is 0.234 e. The Bertz CT molecular complexity index is 970. The molecule has 1 aromatic heterocycles. The van der Waals surface area contributed by atoms with Crippen molar-refractivity contribution in [3.05, 3.63) is 59.3 Å². The highest BCUT2D eigenvalue weighted by Crippen LogP contribution is 2.30. The zero-order valence-corrected chi connectivity index (χ0v) is 16.2. The Labute approximate surface area is 158 Å². The molecule has 0 aliphatic rings. The molecule has 0 saturated heterocycles. The fourth-order valence-electron chi connectivity index (χ4n) is 2.83. The zero-order valence-electron chi connectivity index (χ0n) is 15.4. The summed E-state index contributed by atoms with van der Waals surface area (Å²) in [5.41, 5.74) is 4.95. The van der Waals surface area contributed by atoms with Gasteiger partial charge in [0.2, 0.25) is 5.91 Å². The Kier molecular flexibility index (Phi) is 5.47. The first-order chi connectivity index (χ1) is 12.5. The third kappa shape index (κ3) is 4.17. The van der Waals surface area contributed by atoms with E-state index in [9.17, 15) is 4.79 Å². The van der Waals surface area contributed by atoms with Crippen LogP contribution in [-0.4, -0.2) is 23.8 Å². The lowest BCUT2D eigenvalue weighted by Gasteiger charge is -2.11. The molecule has 0 bridgehead atoms. The lowest BCUT2D eigenvalue weighted by Crippen LogP contribution is -2.14. The number of aromatic nitrogens is 1. The van der Waals surface area contributed by atoms with Gasteiger partial charge in [0.15, 0.2) is 0 Å². The number of aryl methyl sites for hydroxylation is 3. The number of anilines is 1. The largest absolute Gasteiger partial charge is 0.497 e. The van der Waals surface area contributed by atoms with Gasteiger partial charge in [-0.3, -0.25) is 9.78 Å². The molecule has 0 aliphatic heterocycles. The van der Waals surface area contributed by atoms with E-state index >= 15 is 0 Å². The van der Waals surface area contributed by atoms with Crippen LogP contribution in [-0.2, 0) is 4.79 Å². The monoisotopic (exact) mass is 366 g/mol. The van der Waals surface area contributed by atoms with E-state index in [2.05, 4.69) is 16.4 Å². The molecule has 0 radical (unpaired) electrons. The number of amides is 1. The molecule has 134 valence electrons. The molecule has 1 heterocycles. The van der Waals surface area contributed by atoms with E-state index in [-0.39, 0.29) is 5.91 Å². The molecular formula is C21H22N2O2S. The van der Waals surface area contributed by atoms with Crippen molar-refractivity contribution in [2.45, 2.75) is 25.7 Å². The number of nitrogens with zero attached hydrogens (tertiary/aromatic N) is 1. The first-order valence-corrected chi connectivity index (χ1v) is 9.40. The molecule has 0 aliphatic carbocycles. The van der Waals surface area contributed by atoms with Crippen LogP contribution in [0, 0.1) is 20.8 Å². The van der Waals surface area contributed by atoms with E-state index < -0.39 is 0 Å². The number of nitrogens with one attached hydrogen (secondary N) is 1. The van der Waals surface area contributed by atoms with E-state index in [1.165, 1.54) is 17.3 Å². The summed E-state index contributed by atoms with van der Waals surface area (Å²) in [7, 11) is 1.65. The second-order valence-electron chi connectivity index (χ2n) is 6.30. The molecule has 26 heavy (non-hydrogen) atoms. The van der Waals surface area contributed by atoms with Gasteiger partial charge in [-0.2, -0.15) is 0 Å². The summed E-state index contributed by atoms with van der Waals surface area (Å²) in [6.45, 7) is 6.00. The van der Waals surface area contributed by atoms with Crippen molar-refractivity contribution in [3.63, 3.8) is 0 Å². The normalized spacial score (nSPS) is 10.8. The van der Waals surface area contributed by atoms with E-state index in [0.29, 0.717) is 5.75 Å². The minimum absolute atomic E-state index is 0.0209. The van der Waals surface area contributed by atoms with Crippen LogP contribution >= 0.6 is 11.8 Å². The maximum atomic E-state index is 12.4. The summed E-state index contributed by atoms with van der Waals surface area (Å²) in [5, 5.41) is 3.99. The molecule has 1 N–H and O–H groups in total. The quantitative estimate of drug-likeness (QED) is 0.653. The molecular weight excluding hydrogens is 344 g/mol. The Balaban J connectivity index is 1.77. The average molecular weight is 366 g/mol. The van der Waals surface area contributed by atoms with Crippen molar-refractivity contribution in [2.75, 3.05) is 18.2 Å². The van der Waals surface area contributed by atoms with Gasteiger partial charge in [-0.05, 0) is 56.7 Å². The maximum Gasteiger partial charge on any atom is 0.234 e. The van der Waals surface area contributed by atoms with Gasteiger partial charge >= 0.3 is 0 Å². The van der Waals surface area contributed by atoms with Crippen LogP contribution in [0.1, 0.15) is 16.8 Å².